The third-order valence-corrected chi connectivity index (χ3v) is 5.40. The Kier molecular flexibility index (Phi) is 6.09. The van der Waals surface area contributed by atoms with E-state index in [2.05, 4.69) is 20.8 Å². The number of benzene rings is 1. The van der Waals surface area contributed by atoms with Gasteiger partial charge >= 0.3 is 6.03 Å². The van der Waals surface area contributed by atoms with E-state index >= 15 is 0 Å². The molecule has 2 heterocycles. The van der Waals surface area contributed by atoms with Crippen LogP contribution >= 0.6 is 23.1 Å². The minimum absolute atomic E-state index is 0.0481. The summed E-state index contributed by atoms with van der Waals surface area (Å²) in [6.45, 7) is 0. The highest BCUT2D eigenvalue weighted by Gasteiger charge is 2.14. The van der Waals surface area contributed by atoms with Gasteiger partial charge in [0.15, 0.2) is 11.0 Å². The molecule has 3 aromatic rings. The molecule has 8 nitrogen and oxygen atoms in total. The number of thiophene rings is 1. The molecule has 0 saturated heterocycles. The summed E-state index contributed by atoms with van der Waals surface area (Å²) in [5.74, 6) is 1.04. The summed E-state index contributed by atoms with van der Waals surface area (Å²) in [6.07, 6.45) is 0. The fraction of sp³-hybridized carbons (Fsp3) is 0.176. The molecule has 0 bridgehead atoms. The lowest BCUT2D eigenvalue weighted by atomic mass is 10.3. The van der Waals surface area contributed by atoms with Crippen LogP contribution in [0, 0.1) is 0 Å². The number of hydrogen-bond acceptors (Lipinski definition) is 7. The highest BCUT2D eigenvalue weighted by atomic mass is 32.2. The number of ether oxygens (including phenoxy) is 1. The number of rotatable bonds is 6. The van der Waals surface area contributed by atoms with Gasteiger partial charge in [0.2, 0.25) is 5.91 Å². The fourth-order valence-electron chi connectivity index (χ4n) is 2.19. The molecule has 0 fully saturated rings. The molecule has 27 heavy (non-hydrogen) atoms. The van der Waals surface area contributed by atoms with E-state index in [9.17, 15) is 9.59 Å². The van der Waals surface area contributed by atoms with Gasteiger partial charge in [-0.3, -0.25) is 10.1 Å². The first-order valence-electron chi connectivity index (χ1n) is 7.88. The molecule has 0 aliphatic heterocycles. The molecular weight excluding hydrogens is 386 g/mol. The van der Waals surface area contributed by atoms with Gasteiger partial charge in [0.05, 0.1) is 17.7 Å². The van der Waals surface area contributed by atoms with E-state index in [1.807, 2.05) is 29.1 Å². The smallest absolute Gasteiger partial charge is 0.325 e. The average Bonchev–Trinajstić information content (AvgIpc) is 3.30. The maximum absolute atomic E-state index is 12.0. The first-order chi connectivity index (χ1) is 13.1. The Morgan fingerprint density at radius 1 is 1.22 bits per heavy atom. The topological polar surface area (TPSA) is 98.1 Å². The van der Waals surface area contributed by atoms with Crippen molar-refractivity contribution in [2.75, 3.05) is 18.2 Å². The van der Waals surface area contributed by atoms with Crippen LogP contribution in [0.5, 0.6) is 5.75 Å². The predicted molar refractivity (Wildman–Crippen MR) is 105 cm³/mol. The predicted octanol–water partition coefficient (Wildman–Crippen LogP) is 2.99. The first-order valence-corrected chi connectivity index (χ1v) is 9.74. The van der Waals surface area contributed by atoms with Crippen LogP contribution in [0.25, 0.3) is 10.7 Å². The Morgan fingerprint density at radius 3 is 2.67 bits per heavy atom. The van der Waals surface area contributed by atoms with E-state index in [0.717, 1.165) is 10.7 Å². The van der Waals surface area contributed by atoms with Gasteiger partial charge in [0, 0.05) is 12.7 Å². The van der Waals surface area contributed by atoms with E-state index in [1.165, 1.54) is 11.8 Å². The van der Waals surface area contributed by atoms with Crippen LogP contribution in [0.3, 0.4) is 0 Å². The number of nitrogens with zero attached hydrogens (tertiary/aromatic N) is 3. The first kappa shape index (κ1) is 18.9. The van der Waals surface area contributed by atoms with Gasteiger partial charge in [-0.2, -0.15) is 0 Å². The molecule has 3 rings (SSSR count). The van der Waals surface area contributed by atoms with Crippen LogP contribution in [0.15, 0.2) is 46.9 Å². The van der Waals surface area contributed by atoms with Crippen molar-refractivity contribution < 1.29 is 14.3 Å². The summed E-state index contributed by atoms with van der Waals surface area (Å²) in [5.41, 5.74) is 0.558. The van der Waals surface area contributed by atoms with E-state index in [-0.39, 0.29) is 5.75 Å². The molecule has 2 aromatic heterocycles. The number of nitrogens with one attached hydrogen (secondary N) is 2. The lowest BCUT2D eigenvalue weighted by Crippen LogP contribution is -2.35. The molecule has 0 radical (unpaired) electrons. The number of amides is 3. The summed E-state index contributed by atoms with van der Waals surface area (Å²) < 4.78 is 6.87. The quantitative estimate of drug-likeness (QED) is 0.614. The van der Waals surface area contributed by atoms with Crippen LogP contribution in [-0.4, -0.2) is 39.6 Å². The van der Waals surface area contributed by atoms with Gasteiger partial charge in [0.1, 0.15) is 5.75 Å². The summed E-state index contributed by atoms with van der Waals surface area (Å²) >= 11 is 2.78. The Labute approximate surface area is 163 Å². The standard InChI is InChI=1S/C17H17N5O3S2/c1-22-15(13-4-3-9-26-13)20-21-17(22)27-10-14(23)19-16(24)18-11-5-7-12(25-2)8-6-11/h3-9H,10H2,1-2H3,(H2,18,19,23,24). The zero-order valence-corrected chi connectivity index (χ0v) is 16.3. The summed E-state index contributed by atoms with van der Waals surface area (Å²) in [7, 11) is 3.40. The van der Waals surface area contributed by atoms with Gasteiger partial charge in [0.25, 0.3) is 0 Å². The number of carbonyl (C=O) groups excluding carboxylic acids is 2. The molecule has 0 atom stereocenters. The number of anilines is 1. The monoisotopic (exact) mass is 403 g/mol. The number of imide groups is 1. The summed E-state index contributed by atoms with van der Waals surface area (Å²) in [6, 6.07) is 10.1. The number of hydrogen-bond donors (Lipinski definition) is 2. The molecule has 0 aliphatic rings. The van der Waals surface area contributed by atoms with Crippen molar-refractivity contribution in [3.8, 4) is 16.5 Å². The SMILES string of the molecule is COc1ccc(NC(=O)NC(=O)CSc2nnc(-c3cccs3)n2C)cc1. The van der Waals surface area contributed by atoms with Gasteiger partial charge < -0.3 is 14.6 Å². The largest absolute Gasteiger partial charge is 0.497 e. The van der Waals surface area contributed by atoms with Crippen LogP contribution < -0.4 is 15.4 Å². The highest BCUT2D eigenvalue weighted by molar-refractivity contribution is 7.99. The maximum Gasteiger partial charge on any atom is 0.325 e. The van der Waals surface area contributed by atoms with Crippen molar-refractivity contribution in [3.05, 3.63) is 41.8 Å². The number of urea groups is 1. The molecule has 0 aliphatic carbocycles. The minimum Gasteiger partial charge on any atom is -0.497 e. The molecule has 0 spiro atoms. The van der Waals surface area contributed by atoms with Crippen LogP contribution in [0.2, 0.25) is 0 Å². The Hall–Kier alpha value is -2.85. The average molecular weight is 403 g/mol. The van der Waals surface area contributed by atoms with Crippen molar-refractivity contribution in [1.29, 1.82) is 0 Å². The van der Waals surface area contributed by atoms with E-state index in [4.69, 9.17) is 4.74 Å². The second-order valence-corrected chi connectivity index (χ2v) is 7.25. The number of aromatic nitrogens is 3. The minimum atomic E-state index is -0.594. The molecule has 2 N–H and O–H groups in total. The van der Waals surface area contributed by atoms with Crippen molar-refractivity contribution >= 4 is 40.7 Å². The maximum atomic E-state index is 12.0. The van der Waals surface area contributed by atoms with E-state index in [0.29, 0.717) is 16.6 Å². The molecule has 10 heteroatoms. The van der Waals surface area contributed by atoms with E-state index < -0.39 is 11.9 Å². The van der Waals surface area contributed by atoms with Crippen LogP contribution in [0.1, 0.15) is 0 Å². The van der Waals surface area contributed by atoms with Crippen molar-refractivity contribution in [2.24, 2.45) is 7.05 Å². The molecule has 140 valence electrons. The zero-order valence-electron chi connectivity index (χ0n) is 14.6. The lowest BCUT2D eigenvalue weighted by molar-refractivity contribution is -0.117. The highest BCUT2D eigenvalue weighted by Crippen LogP contribution is 2.25. The number of carbonyl (C=O) groups is 2. The van der Waals surface area contributed by atoms with Gasteiger partial charge in [-0.15, -0.1) is 21.5 Å². The van der Waals surface area contributed by atoms with Gasteiger partial charge in [-0.1, -0.05) is 17.8 Å². The third-order valence-electron chi connectivity index (χ3n) is 3.51. The van der Waals surface area contributed by atoms with Gasteiger partial charge in [-0.05, 0) is 35.7 Å². The van der Waals surface area contributed by atoms with Crippen LogP contribution in [-0.2, 0) is 11.8 Å². The second kappa shape index (κ2) is 8.69. The number of thioether (sulfide) groups is 1. The van der Waals surface area contributed by atoms with Gasteiger partial charge in [-0.25, -0.2) is 4.79 Å². The molecule has 0 unspecified atom stereocenters. The Morgan fingerprint density at radius 2 is 2.00 bits per heavy atom. The summed E-state index contributed by atoms with van der Waals surface area (Å²) in [4.78, 5) is 24.9. The molecule has 1 aromatic carbocycles. The molecular formula is C17H17N5O3S2. The Bertz CT molecular complexity index is 923. The third kappa shape index (κ3) is 4.86. The normalized spacial score (nSPS) is 10.4. The van der Waals surface area contributed by atoms with Crippen LogP contribution in [0.4, 0.5) is 10.5 Å². The second-order valence-electron chi connectivity index (χ2n) is 5.36. The summed E-state index contributed by atoms with van der Waals surface area (Å²) in [5, 5.41) is 15.7. The van der Waals surface area contributed by atoms with Crippen molar-refractivity contribution in [3.63, 3.8) is 0 Å². The fourth-order valence-corrected chi connectivity index (χ4v) is 3.65. The van der Waals surface area contributed by atoms with Crippen molar-refractivity contribution in [1.82, 2.24) is 20.1 Å². The number of methoxy groups -OCH3 is 1. The van der Waals surface area contributed by atoms with E-state index in [1.54, 1.807) is 42.7 Å². The lowest BCUT2D eigenvalue weighted by Gasteiger charge is -2.07. The van der Waals surface area contributed by atoms with Crippen molar-refractivity contribution in [2.45, 2.75) is 5.16 Å². The Balaban J connectivity index is 1.50. The zero-order chi connectivity index (χ0) is 19.2. The molecule has 3 amide bonds. The molecule has 0 saturated carbocycles.